The molecule has 0 spiro atoms. The van der Waals surface area contributed by atoms with E-state index < -0.39 is 5.54 Å². The van der Waals surface area contributed by atoms with Crippen LogP contribution in [0, 0.1) is 0 Å². The van der Waals surface area contributed by atoms with E-state index in [1.807, 2.05) is 20.8 Å². The third kappa shape index (κ3) is 5.47. The third-order valence-corrected chi connectivity index (χ3v) is 3.30. The molecule has 0 aromatic rings. The van der Waals surface area contributed by atoms with E-state index in [1.165, 1.54) is 7.11 Å². The number of hydrogen-bond donors (Lipinski definition) is 1. The lowest BCUT2D eigenvalue weighted by Crippen LogP contribution is -2.53. The van der Waals surface area contributed by atoms with Gasteiger partial charge in [-0.25, -0.2) is 0 Å². The summed E-state index contributed by atoms with van der Waals surface area (Å²) in [5.41, 5.74) is 5.05. The first kappa shape index (κ1) is 16.4. The van der Waals surface area contributed by atoms with Gasteiger partial charge >= 0.3 is 5.97 Å². The summed E-state index contributed by atoms with van der Waals surface area (Å²) < 4.78 is 16.1. The molecule has 0 aliphatic heterocycles. The summed E-state index contributed by atoms with van der Waals surface area (Å²) in [4.78, 5) is 11.7. The number of rotatable bonds is 5. The molecular formula is C14H27NO4. The molecule has 2 N–H and O–H groups in total. The van der Waals surface area contributed by atoms with Crippen molar-refractivity contribution in [2.45, 2.75) is 63.7 Å². The molecule has 2 unspecified atom stereocenters. The molecule has 1 fully saturated rings. The van der Waals surface area contributed by atoms with Crippen molar-refractivity contribution in [2.75, 3.05) is 20.3 Å². The molecular weight excluding hydrogens is 246 g/mol. The first-order valence-corrected chi connectivity index (χ1v) is 6.90. The van der Waals surface area contributed by atoms with E-state index in [2.05, 4.69) is 0 Å². The summed E-state index contributed by atoms with van der Waals surface area (Å²) in [6.45, 7) is 7.11. The number of methoxy groups -OCH3 is 1. The van der Waals surface area contributed by atoms with Crippen molar-refractivity contribution < 1.29 is 19.0 Å². The molecule has 2 atom stereocenters. The van der Waals surface area contributed by atoms with Crippen LogP contribution >= 0.6 is 0 Å². The fourth-order valence-corrected chi connectivity index (χ4v) is 2.35. The van der Waals surface area contributed by atoms with Gasteiger partial charge in [0.1, 0.15) is 5.54 Å². The van der Waals surface area contributed by atoms with Crippen molar-refractivity contribution in [3.8, 4) is 0 Å². The van der Waals surface area contributed by atoms with Crippen LogP contribution in [0.1, 0.15) is 46.5 Å². The van der Waals surface area contributed by atoms with E-state index in [4.69, 9.17) is 19.9 Å². The van der Waals surface area contributed by atoms with Crippen LogP contribution in [0.25, 0.3) is 0 Å². The highest BCUT2D eigenvalue weighted by molar-refractivity contribution is 5.80. The van der Waals surface area contributed by atoms with Gasteiger partial charge in [-0.15, -0.1) is 0 Å². The second kappa shape index (κ2) is 6.68. The molecule has 1 rings (SSSR count). The Morgan fingerprint density at radius 3 is 2.63 bits per heavy atom. The van der Waals surface area contributed by atoms with Crippen LogP contribution in [0.2, 0.25) is 0 Å². The minimum atomic E-state index is -0.886. The zero-order valence-corrected chi connectivity index (χ0v) is 12.5. The average Bonchev–Trinajstić information content (AvgIpc) is 2.32. The molecule has 1 saturated carbocycles. The average molecular weight is 273 g/mol. The van der Waals surface area contributed by atoms with Gasteiger partial charge in [-0.05, 0) is 40.0 Å². The Bertz CT molecular complexity index is 300. The molecule has 0 bridgehead atoms. The summed E-state index contributed by atoms with van der Waals surface area (Å²) in [7, 11) is 1.37. The number of hydrogen-bond acceptors (Lipinski definition) is 5. The van der Waals surface area contributed by atoms with Gasteiger partial charge in [0.2, 0.25) is 0 Å². The fraction of sp³-hybridized carbons (Fsp3) is 0.929. The first-order valence-electron chi connectivity index (χ1n) is 6.90. The van der Waals surface area contributed by atoms with Gasteiger partial charge in [-0.2, -0.15) is 0 Å². The smallest absolute Gasteiger partial charge is 0.325 e. The van der Waals surface area contributed by atoms with Crippen LogP contribution in [-0.2, 0) is 19.0 Å². The SMILES string of the molecule is COC(=O)C1(N)CCCC(OCCOC(C)(C)C)C1. The van der Waals surface area contributed by atoms with Crippen LogP contribution in [0.5, 0.6) is 0 Å². The Morgan fingerprint density at radius 1 is 1.37 bits per heavy atom. The summed E-state index contributed by atoms with van der Waals surface area (Å²) in [5, 5.41) is 0. The predicted molar refractivity (Wildman–Crippen MR) is 72.8 cm³/mol. The molecule has 19 heavy (non-hydrogen) atoms. The lowest BCUT2D eigenvalue weighted by atomic mass is 9.81. The normalized spacial score (nSPS) is 28.2. The highest BCUT2D eigenvalue weighted by Crippen LogP contribution is 2.29. The molecule has 5 heteroatoms. The van der Waals surface area contributed by atoms with Crippen molar-refractivity contribution in [1.82, 2.24) is 0 Å². The molecule has 0 heterocycles. The maximum Gasteiger partial charge on any atom is 0.325 e. The highest BCUT2D eigenvalue weighted by atomic mass is 16.5. The fourth-order valence-electron chi connectivity index (χ4n) is 2.35. The topological polar surface area (TPSA) is 70.8 Å². The second-order valence-electron chi connectivity index (χ2n) is 6.20. The Morgan fingerprint density at radius 2 is 2.05 bits per heavy atom. The van der Waals surface area contributed by atoms with Crippen molar-refractivity contribution in [3.63, 3.8) is 0 Å². The number of carbonyl (C=O) groups is 1. The van der Waals surface area contributed by atoms with Gasteiger partial charge in [0.05, 0.1) is 32.0 Å². The Hall–Kier alpha value is -0.650. The molecule has 0 saturated heterocycles. The summed E-state index contributed by atoms with van der Waals surface area (Å²) in [6, 6.07) is 0. The van der Waals surface area contributed by atoms with Crippen LogP contribution in [0.15, 0.2) is 0 Å². The summed E-state index contributed by atoms with van der Waals surface area (Å²) in [5.74, 6) is -0.341. The molecule has 1 aliphatic rings. The minimum absolute atomic E-state index is 0.0152. The number of nitrogens with two attached hydrogens (primary N) is 1. The van der Waals surface area contributed by atoms with Crippen molar-refractivity contribution in [3.05, 3.63) is 0 Å². The number of ether oxygens (including phenoxy) is 3. The van der Waals surface area contributed by atoms with E-state index in [1.54, 1.807) is 0 Å². The van der Waals surface area contributed by atoms with Gasteiger partial charge in [-0.1, -0.05) is 0 Å². The largest absolute Gasteiger partial charge is 0.468 e. The highest BCUT2D eigenvalue weighted by Gasteiger charge is 2.40. The molecule has 112 valence electrons. The van der Waals surface area contributed by atoms with E-state index in [0.29, 0.717) is 26.1 Å². The minimum Gasteiger partial charge on any atom is -0.468 e. The number of carbonyl (C=O) groups excluding carboxylic acids is 1. The van der Waals surface area contributed by atoms with E-state index in [-0.39, 0.29) is 17.7 Å². The van der Waals surface area contributed by atoms with Crippen LogP contribution in [0.4, 0.5) is 0 Å². The van der Waals surface area contributed by atoms with Crippen molar-refractivity contribution in [2.24, 2.45) is 5.73 Å². The molecule has 0 aromatic carbocycles. The molecule has 0 aromatic heterocycles. The van der Waals surface area contributed by atoms with Gasteiger partial charge in [-0.3, -0.25) is 4.79 Å². The zero-order chi connectivity index (χ0) is 14.5. The van der Waals surface area contributed by atoms with Crippen LogP contribution < -0.4 is 5.73 Å². The summed E-state index contributed by atoms with van der Waals surface area (Å²) in [6.07, 6.45) is 3.02. The number of esters is 1. The van der Waals surface area contributed by atoms with Gasteiger partial charge < -0.3 is 19.9 Å². The van der Waals surface area contributed by atoms with E-state index in [0.717, 1.165) is 12.8 Å². The molecule has 1 aliphatic carbocycles. The maximum absolute atomic E-state index is 11.7. The lowest BCUT2D eigenvalue weighted by molar-refractivity contribution is -0.151. The quantitative estimate of drug-likeness (QED) is 0.609. The van der Waals surface area contributed by atoms with Gasteiger partial charge in [0, 0.05) is 6.42 Å². The Balaban J connectivity index is 2.33. The Labute approximate surface area is 115 Å². The predicted octanol–water partition coefficient (Wildman–Crippen LogP) is 1.63. The molecule has 0 radical (unpaired) electrons. The van der Waals surface area contributed by atoms with Crippen LogP contribution in [-0.4, -0.2) is 43.5 Å². The standard InChI is InChI=1S/C14H27NO4/c1-13(2,3)19-9-8-18-11-6-5-7-14(15,10-11)12(16)17-4/h11H,5-10,15H2,1-4H3. The second-order valence-corrected chi connectivity index (χ2v) is 6.20. The Kier molecular flexibility index (Phi) is 5.77. The molecule has 0 amide bonds. The van der Waals surface area contributed by atoms with Crippen LogP contribution in [0.3, 0.4) is 0 Å². The third-order valence-electron chi connectivity index (χ3n) is 3.30. The molecule has 5 nitrogen and oxygen atoms in total. The van der Waals surface area contributed by atoms with E-state index >= 15 is 0 Å². The summed E-state index contributed by atoms with van der Waals surface area (Å²) >= 11 is 0. The monoisotopic (exact) mass is 273 g/mol. The van der Waals surface area contributed by atoms with Gasteiger partial charge in [0.15, 0.2) is 0 Å². The van der Waals surface area contributed by atoms with Crippen molar-refractivity contribution >= 4 is 5.97 Å². The maximum atomic E-state index is 11.7. The van der Waals surface area contributed by atoms with Crippen molar-refractivity contribution in [1.29, 1.82) is 0 Å². The first-order chi connectivity index (χ1) is 8.77. The van der Waals surface area contributed by atoms with Gasteiger partial charge in [0.25, 0.3) is 0 Å². The van der Waals surface area contributed by atoms with E-state index in [9.17, 15) is 4.79 Å². The lowest BCUT2D eigenvalue weighted by Gasteiger charge is -2.35. The zero-order valence-electron chi connectivity index (χ0n) is 12.5.